The van der Waals surface area contributed by atoms with E-state index in [-0.39, 0.29) is 31.4 Å². The second-order valence-electron chi connectivity index (χ2n) is 7.54. The number of ether oxygens (including phenoxy) is 1. The molecule has 0 saturated heterocycles. The zero-order chi connectivity index (χ0) is 23.8. The van der Waals surface area contributed by atoms with Gasteiger partial charge in [0.1, 0.15) is 18.2 Å². The Bertz CT molecular complexity index is 1160. The number of anilines is 1. The number of sulfonamides is 1. The zero-order valence-electron chi connectivity index (χ0n) is 18.6. The van der Waals surface area contributed by atoms with Crippen molar-refractivity contribution in [2.24, 2.45) is 0 Å². The monoisotopic (exact) mass is 470 g/mol. The molecule has 0 atom stereocenters. The number of carbonyl (C=O) groups is 1. The van der Waals surface area contributed by atoms with Crippen molar-refractivity contribution in [1.82, 2.24) is 5.32 Å². The highest BCUT2D eigenvalue weighted by atomic mass is 32.2. The van der Waals surface area contributed by atoms with Gasteiger partial charge < -0.3 is 10.1 Å². The molecule has 0 spiro atoms. The lowest BCUT2D eigenvalue weighted by Gasteiger charge is -2.23. The Hall–Kier alpha value is -3.39. The minimum Gasteiger partial charge on any atom is -0.492 e. The summed E-state index contributed by atoms with van der Waals surface area (Å²) in [6.07, 6.45) is 2.05. The van der Waals surface area contributed by atoms with Gasteiger partial charge >= 0.3 is 0 Å². The first kappa shape index (κ1) is 24.3. The predicted molar refractivity (Wildman–Crippen MR) is 128 cm³/mol. The Morgan fingerprint density at radius 1 is 0.939 bits per heavy atom. The second kappa shape index (κ2) is 11.0. The molecule has 0 radical (unpaired) electrons. The van der Waals surface area contributed by atoms with Gasteiger partial charge in [-0.05, 0) is 66.1 Å². The molecular formula is C25H27FN2O4S. The lowest BCUT2D eigenvalue weighted by Crippen LogP contribution is -2.29. The van der Waals surface area contributed by atoms with Gasteiger partial charge in [0.25, 0.3) is 5.91 Å². The Balaban J connectivity index is 1.57. The van der Waals surface area contributed by atoms with Crippen molar-refractivity contribution in [1.29, 1.82) is 0 Å². The Kier molecular flexibility index (Phi) is 8.06. The number of benzene rings is 3. The van der Waals surface area contributed by atoms with Crippen LogP contribution in [0.15, 0.2) is 72.8 Å². The maximum absolute atomic E-state index is 12.9. The van der Waals surface area contributed by atoms with Crippen molar-refractivity contribution in [3.63, 3.8) is 0 Å². The van der Waals surface area contributed by atoms with Gasteiger partial charge in [-0.2, -0.15) is 0 Å². The molecule has 0 aliphatic heterocycles. The van der Waals surface area contributed by atoms with Crippen LogP contribution in [0.1, 0.15) is 28.4 Å². The number of hydrogen-bond acceptors (Lipinski definition) is 4. The van der Waals surface area contributed by atoms with Gasteiger partial charge in [-0.15, -0.1) is 0 Å². The number of amides is 1. The normalized spacial score (nSPS) is 11.1. The Labute approximate surface area is 194 Å². The molecule has 3 rings (SSSR count). The molecule has 1 N–H and O–H groups in total. The summed E-state index contributed by atoms with van der Waals surface area (Å²) in [7, 11) is -3.48. The number of hydrogen-bond donors (Lipinski definition) is 1. The van der Waals surface area contributed by atoms with E-state index in [1.54, 1.807) is 36.4 Å². The van der Waals surface area contributed by atoms with Crippen LogP contribution in [-0.2, 0) is 23.0 Å². The smallest absolute Gasteiger partial charge is 0.251 e. The van der Waals surface area contributed by atoms with Gasteiger partial charge in [0.05, 0.1) is 25.0 Å². The SMILES string of the molecule is CCc1ccc(N(Cc2ccc(C(=O)NCCOc3ccc(F)cc3)cc2)S(C)(=O)=O)cc1. The predicted octanol–water partition coefficient (Wildman–Crippen LogP) is 4.16. The summed E-state index contributed by atoms with van der Waals surface area (Å²) in [5.74, 6) is -0.0812. The van der Waals surface area contributed by atoms with E-state index < -0.39 is 10.0 Å². The maximum Gasteiger partial charge on any atom is 0.251 e. The molecule has 0 bridgehead atoms. The Morgan fingerprint density at radius 3 is 2.12 bits per heavy atom. The minimum atomic E-state index is -3.48. The number of carbonyl (C=O) groups excluding carboxylic acids is 1. The summed E-state index contributed by atoms with van der Waals surface area (Å²) in [5, 5.41) is 2.76. The van der Waals surface area contributed by atoms with Crippen LogP contribution in [0.4, 0.5) is 10.1 Å². The van der Waals surface area contributed by atoms with Crippen LogP contribution in [-0.4, -0.2) is 33.7 Å². The standard InChI is InChI=1S/C25H27FN2O4S/c1-3-19-6-12-23(13-7-19)28(33(2,30)31)18-20-4-8-21(9-5-20)25(29)27-16-17-32-24-14-10-22(26)11-15-24/h4-15H,3,16-18H2,1-2H3,(H,27,29). The van der Waals surface area contributed by atoms with Crippen LogP contribution in [0.5, 0.6) is 5.75 Å². The molecule has 0 aliphatic carbocycles. The summed E-state index contributed by atoms with van der Waals surface area (Å²) in [6, 6.07) is 19.9. The van der Waals surface area contributed by atoms with E-state index in [9.17, 15) is 17.6 Å². The van der Waals surface area contributed by atoms with E-state index in [2.05, 4.69) is 5.32 Å². The van der Waals surface area contributed by atoms with Gasteiger partial charge in [-0.3, -0.25) is 9.10 Å². The lowest BCUT2D eigenvalue weighted by molar-refractivity contribution is 0.0947. The van der Waals surface area contributed by atoms with Crippen LogP contribution in [0.3, 0.4) is 0 Å². The van der Waals surface area contributed by atoms with Gasteiger partial charge in [0, 0.05) is 5.56 Å². The molecule has 0 aromatic heterocycles. The summed E-state index contributed by atoms with van der Waals surface area (Å²) >= 11 is 0. The number of nitrogens with one attached hydrogen (secondary N) is 1. The Morgan fingerprint density at radius 2 is 1.55 bits per heavy atom. The highest BCUT2D eigenvalue weighted by molar-refractivity contribution is 7.92. The van der Waals surface area contributed by atoms with Crippen molar-refractivity contribution >= 4 is 21.6 Å². The molecule has 0 fully saturated rings. The molecule has 0 saturated carbocycles. The molecule has 174 valence electrons. The van der Waals surface area contributed by atoms with Crippen molar-refractivity contribution < 1.29 is 22.3 Å². The molecule has 3 aromatic rings. The van der Waals surface area contributed by atoms with Crippen molar-refractivity contribution in [3.8, 4) is 5.75 Å². The molecular weight excluding hydrogens is 443 g/mol. The van der Waals surface area contributed by atoms with Crippen molar-refractivity contribution in [3.05, 3.63) is 95.3 Å². The summed E-state index contributed by atoms with van der Waals surface area (Å²) in [5.41, 5.74) is 2.94. The molecule has 0 heterocycles. The zero-order valence-corrected chi connectivity index (χ0v) is 19.4. The van der Waals surface area contributed by atoms with Gasteiger partial charge in [-0.1, -0.05) is 31.2 Å². The molecule has 8 heteroatoms. The first-order valence-corrected chi connectivity index (χ1v) is 12.4. The molecule has 6 nitrogen and oxygen atoms in total. The third-order valence-corrected chi connectivity index (χ3v) is 6.19. The van der Waals surface area contributed by atoms with Crippen LogP contribution >= 0.6 is 0 Å². The molecule has 3 aromatic carbocycles. The lowest BCUT2D eigenvalue weighted by atomic mass is 10.1. The highest BCUT2D eigenvalue weighted by Gasteiger charge is 2.18. The van der Waals surface area contributed by atoms with Gasteiger partial charge in [0.2, 0.25) is 10.0 Å². The van der Waals surface area contributed by atoms with E-state index in [0.717, 1.165) is 17.5 Å². The van der Waals surface area contributed by atoms with Crippen LogP contribution in [0, 0.1) is 5.82 Å². The van der Waals surface area contributed by atoms with E-state index in [4.69, 9.17) is 4.74 Å². The number of rotatable bonds is 10. The number of aryl methyl sites for hydroxylation is 1. The fourth-order valence-corrected chi connectivity index (χ4v) is 4.08. The largest absolute Gasteiger partial charge is 0.492 e. The van der Waals surface area contributed by atoms with Crippen molar-refractivity contribution in [2.75, 3.05) is 23.7 Å². The topological polar surface area (TPSA) is 75.7 Å². The summed E-state index contributed by atoms with van der Waals surface area (Å²) in [6.45, 7) is 2.74. The quantitative estimate of drug-likeness (QED) is 0.452. The molecule has 1 amide bonds. The summed E-state index contributed by atoms with van der Waals surface area (Å²) < 4.78 is 44.4. The number of halogens is 1. The summed E-state index contributed by atoms with van der Waals surface area (Å²) in [4.78, 5) is 12.4. The maximum atomic E-state index is 12.9. The minimum absolute atomic E-state index is 0.164. The van der Waals surface area contributed by atoms with E-state index >= 15 is 0 Å². The number of nitrogens with zero attached hydrogens (tertiary/aromatic N) is 1. The second-order valence-corrected chi connectivity index (χ2v) is 9.45. The average Bonchev–Trinajstić information content (AvgIpc) is 2.81. The first-order chi connectivity index (χ1) is 15.8. The first-order valence-electron chi connectivity index (χ1n) is 10.6. The van der Waals surface area contributed by atoms with Gasteiger partial charge in [-0.25, -0.2) is 12.8 Å². The molecule has 33 heavy (non-hydrogen) atoms. The van der Waals surface area contributed by atoms with E-state index in [1.165, 1.54) is 34.8 Å². The highest BCUT2D eigenvalue weighted by Crippen LogP contribution is 2.21. The van der Waals surface area contributed by atoms with Gasteiger partial charge in [0.15, 0.2) is 0 Å². The van der Waals surface area contributed by atoms with Crippen molar-refractivity contribution in [2.45, 2.75) is 19.9 Å². The third-order valence-electron chi connectivity index (χ3n) is 5.05. The fourth-order valence-electron chi connectivity index (χ4n) is 3.19. The van der Waals surface area contributed by atoms with E-state index in [1.807, 2.05) is 19.1 Å². The van der Waals surface area contributed by atoms with Crippen LogP contribution in [0.2, 0.25) is 0 Å². The van der Waals surface area contributed by atoms with E-state index in [0.29, 0.717) is 17.0 Å². The third kappa shape index (κ3) is 7.05. The van der Waals surface area contributed by atoms with Crippen LogP contribution < -0.4 is 14.4 Å². The molecule has 0 unspecified atom stereocenters. The molecule has 0 aliphatic rings. The van der Waals surface area contributed by atoms with Crippen LogP contribution in [0.25, 0.3) is 0 Å². The fraction of sp³-hybridized carbons (Fsp3) is 0.240. The average molecular weight is 471 g/mol.